The van der Waals surface area contributed by atoms with Crippen LogP contribution in [0.1, 0.15) is 30.3 Å². The molecule has 0 saturated carbocycles. The molecule has 0 saturated heterocycles. The van der Waals surface area contributed by atoms with Crippen molar-refractivity contribution in [2.45, 2.75) is 38.3 Å². The second-order valence-corrected chi connectivity index (χ2v) is 5.35. The average Bonchev–Trinajstić information content (AvgIpc) is 3.04. The molecule has 0 bridgehead atoms. The summed E-state index contributed by atoms with van der Waals surface area (Å²) >= 11 is 0. The summed E-state index contributed by atoms with van der Waals surface area (Å²) < 4.78 is 7.23. The maximum Gasteiger partial charge on any atom is 0.138 e. The number of fused-ring (bicyclic) bond motifs is 1. The quantitative estimate of drug-likeness (QED) is 0.919. The lowest BCUT2D eigenvalue weighted by Crippen LogP contribution is -2.37. The van der Waals surface area contributed by atoms with Crippen LogP contribution in [-0.2, 0) is 24.9 Å². The van der Waals surface area contributed by atoms with Gasteiger partial charge in [-0.1, -0.05) is 6.07 Å². The van der Waals surface area contributed by atoms with Crippen LogP contribution in [0, 0.1) is 0 Å². The number of ether oxygens (including phenoxy) is 1. The van der Waals surface area contributed by atoms with E-state index in [2.05, 4.69) is 29.1 Å². The van der Waals surface area contributed by atoms with Crippen molar-refractivity contribution in [2.75, 3.05) is 7.11 Å². The number of nitrogens with zero attached hydrogens (tertiary/aromatic N) is 3. The molecule has 0 fully saturated rings. The summed E-state index contributed by atoms with van der Waals surface area (Å²) in [6.07, 6.45) is 4.26. The Hall–Kier alpha value is -1.88. The highest BCUT2D eigenvalue weighted by atomic mass is 16.5. The van der Waals surface area contributed by atoms with Gasteiger partial charge >= 0.3 is 0 Å². The van der Waals surface area contributed by atoms with Crippen molar-refractivity contribution < 1.29 is 4.74 Å². The third-order valence-electron chi connectivity index (χ3n) is 4.16. The highest BCUT2D eigenvalue weighted by Crippen LogP contribution is 2.38. The van der Waals surface area contributed by atoms with Crippen molar-refractivity contribution in [1.29, 1.82) is 0 Å². The van der Waals surface area contributed by atoms with Gasteiger partial charge in [0.15, 0.2) is 0 Å². The zero-order valence-corrected chi connectivity index (χ0v) is 12.0. The topological polar surface area (TPSA) is 66.0 Å². The summed E-state index contributed by atoms with van der Waals surface area (Å²) in [4.78, 5) is 4.35. The van der Waals surface area contributed by atoms with E-state index >= 15 is 0 Å². The Labute approximate surface area is 118 Å². The van der Waals surface area contributed by atoms with Crippen molar-refractivity contribution >= 4 is 0 Å². The van der Waals surface area contributed by atoms with Gasteiger partial charge in [-0.15, -0.1) is 0 Å². The minimum absolute atomic E-state index is 0.371. The maximum absolute atomic E-state index is 6.67. The number of benzene rings is 1. The van der Waals surface area contributed by atoms with Gasteiger partial charge in [0, 0.05) is 18.5 Å². The highest BCUT2D eigenvalue weighted by Gasteiger charge is 2.36. The molecular weight excluding hydrogens is 252 g/mol. The van der Waals surface area contributed by atoms with Crippen LogP contribution in [0.4, 0.5) is 0 Å². The number of hydrogen-bond donors (Lipinski definition) is 1. The third-order valence-corrected chi connectivity index (χ3v) is 4.16. The standard InChI is InChI=1S/C15H20N4O/c1-3-19-14(17-10-18-19)9-15(16)7-6-11-4-5-12(20-2)8-13(11)15/h4-5,8,10H,3,6-7,9,16H2,1-2H3. The molecule has 1 heterocycles. The van der Waals surface area contributed by atoms with Crippen LogP contribution in [0.2, 0.25) is 0 Å². The lowest BCUT2D eigenvalue weighted by atomic mass is 9.89. The molecule has 0 amide bonds. The molecular formula is C15H20N4O. The van der Waals surface area contributed by atoms with Crippen molar-refractivity contribution in [2.24, 2.45) is 5.73 Å². The van der Waals surface area contributed by atoms with Gasteiger partial charge in [-0.2, -0.15) is 5.10 Å². The molecule has 1 aliphatic carbocycles. The fourth-order valence-electron chi connectivity index (χ4n) is 3.01. The summed E-state index contributed by atoms with van der Waals surface area (Å²) in [5.74, 6) is 1.81. The normalized spacial score (nSPS) is 20.9. The fourth-order valence-corrected chi connectivity index (χ4v) is 3.01. The molecule has 1 unspecified atom stereocenters. The van der Waals surface area contributed by atoms with Crippen LogP contribution in [-0.4, -0.2) is 21.9 Å². The van der Waals surface area contributed by atoms with Crippen molar-refractivity contribution in [1.82, 2.24) is 14.8 Å². The smallest absolute Gasteiger partial charge is 0.138 e. The predicted molar refractivity (Wildman–Crippen MR) is 76.6 cm³/mol. The van der Waals surface area contributed by atoms with Crippen LogP contribution in [0.3, 0.4) is 0 Å². The van der Waals surface area contributed by atoms with Gasteiger partial charge in [-0.3, -0.25) is 4.68 Å². The summed E-state index contributed by atoms with van der Waals surface area (Å²) in [6.45, 7) is 2.88. The van der Waals surface area contributed by atoms with Crippen LogP contribution in [0.5, 0.6) is 5.75 Å². The number of rotatable bonds is 4. The lowest BCUT2D eigenvalue weighted by Gasteiger charge is -2.25. The minimum atomic E-state index is -0.371. The van der Waals surface area contributed by atoms with E-state index in [9.17, 15) is 0 Å². The van der Waals surface area contributed by atoms with E-state index in [0.717, 1.165) is 31.0 Å². The Bertz CT molecular complexity index is 622. The second kappa shape index (κ2) is 4.90. The Morgan fingerprint density at radius 2 is 2.30 bits per heavy atom. The van der Waals surface area contributed by atoms with E-state index < -0.39 is 0 Å². The Kier molecular flexibility index (Phi) is 3.22. The molecule has 1 atom stereocenters. The van der Waals surface area contributed by atoms with Gasteiger partial charge in [0.25, 0.3) is 0 Å². The summed E-state index contributed by atoms with van der Waals surface area (Å²) in [7, 11) is 1.68. The largest absolute Gasteiger partial charge is 0.497 e. The first kappa shape index (κ1) is 13.1. The van der Waals surface area contributed by atoms with E-state index in [1.54, 1.807) is 13.4 Å². The monoisotopic (exact) mass is 272 g/mol. The number of nitrogens with two attached hydrogens (primary N) is 1. The molecule has 1 aromatic carbocycles. The molecule has 5 nitrogen and oxygen atoms in total. The molecule has 0 radical (unpaired) electrons. The SMILES string of the molecule is CCn1ncnc1CC1(N)CCc2ccc(OC)cc21. The van der Waals surface area contributed by atoms with Gasteiger partial charge < -0.3 is 10.5 Å². The first-order valence-corrected chi connectivity index (χ1v) is 6.99. The Morgan fingerprint density at radius 1 is 1.45 bits per heavy atom. The van der Waals surface area contributed by atoms with Crippen molar-refractivity contribution in [3.8, 4) is 5.75 Å². The van der Waals surface area contributed by atoms with Crippen LogP contribution in [0.15, 0.2) is 24.5 Å². The van der Waals surface area contributed by atoms with Gasteiger partial charge in [-0.25, -0.2) is 4.98 Å². The summed E-state index contributed by atoms with van der Waals surface area (Å²) in [5.41, 5.74) is 8.80. The molecule has 106 valence electrons. The summed E-state index contributed by atoms with van der Waals surface area (Å²) in [6, 6.07) is 6.18. The van der Waals surface area contributed by atoms with Gasteiger partial charge in [-0.05, 0) is 43.0 Å². The molecule has 2 aromatic rings. The first-order chi connectivity index (χ1) is 9.66. The molecule has 0 aliphatic heterocycles. The lowest BCUT2D eigenvalue weighted by molar-refractivity contribution is 0.401. The van der Waals surface area contributed by atoms with E-state index in [-0.39, 0.29) is 5.54 Å². The molecule has 2 N–H and O–H groups in total. The predicted octanol–water partition coefficient (Wildman–Crippen LogP) is 1.65. The number of aryl methyl sites for hydroxylation is 2. The maximum atomic E-state index is 6.67. The fraction of sp³-hybridized carbons (Fsp3) is 0.467. The zero-order chi connectivity index (χ0) is 14.2. The Morgan fingerprint density at radius 3 is 3.05 bits per heavy atom. The molecule has 5 heteroatoms. The molecule has 0 spiro atoms. The molecule has 1 aromatic heterocycles. The van der Waals surface area contributed by atoms with Crippen LogP contribution >= 0.6 is 0 Å². The van der Waals surface area contributed by atoms with E-state index in [1.807, 2.05) is 10.7 Å². The van der Waals surface area contributed by atoms with E-state index in [4.69, 9.17) is 10.5 Å². The number of methoxy groups -OCH3 is 1. The third kappa shape index (κ3) is 2.08. The average molecular weight is 272 g/mol. The van der Waals surface area contributed by atoms with Crippen LogP contribution in [0.25, 0.3) is 0 Å². The van der Waals surface area contributed by atoms with Gasteiger partial charge in [0.2, 0.25) is 0 Å². The summed E-state index contributed by atoms with van der Waals surface area (Å²) in [5, 5.41) is 4.22. The first-order valence-electron chi connectivity index (χ1n) is 6.99. The molecule has 3 rings (SSSR count). The van der Waals surface area contributed by atoms with Crippen LogP contribution < -0.4 is 10.5 Å². The molecule has 20 heavy (non-hydrogen) atoms. The Balaban J connectivity index is 1.95. The second-order valence-electron chi connectivity index (χ2n) is 5.35. The number of aromatic nitrogens is 3. The van der Waals surface area contributed by atoms with E-state index in [0.29, 0.717) is 6.42 Å². The molecule has 1 aliphatic rings. The van der Waals surface area contributed by atoms with E-state index in [1.165, 1.54) is 11.1 Å². The van der Waals surface area contributed by atoms with Gasteiger partial charge in [0.1, 0.15) is 17.9 Å². The minimum Gasteiger partial charge on any atom is -0.497 e. The van der Waals surface area contributed by atoms with Crippen molar-refractivity contribution in [3.63, 3.8) is 0 Å². The zero-order valence-electron chi connectivity index (χ0n) is 12.0. The highest BCUT2D eigenvalue weighted by molar-refractivity contribution is 5.44. The van der Waals surface area contributed by atoms with Crippen molar-refractivity contribution in [3.05, 3.63) is 41.5 Å². The van der Waals surface area contributed by atoms with Gasteiger partial charge in [0.05, 0.1) is 7.11 Å². The number of hydrogen-bond acceptors (Lipinski definition) is 4.